The summed E-state index contributed by atoms with van der Waals surface area (Å²) in [5.74, 6) is -1.22. The summed E-state index contributed by atoms with van der Waals surface area (Å²) in [5.41, 5.74) is -1.92. The van der Waals surface area contributed by atoms with Gasteiger partial charge in [-0.15, -0.1) is 0 Å². The highest BCUT2D eigenvalue weighted by Gasteiger charge is 2.63. The van der Waals surface area contributed by atoms with Crippen molar-refractivity contribution in [2.75, 3.05) is 6.54 Å². The topological polar surface area (TPSA) is 160 Å². The molecule has 2 aliphatic carbocycles. The van der Waals surface area contributed by atoms with Crippen LogP contribution in [0, 0.1) is 11.8 Å². The van der Waals surface area contributed by atoms with E-state index in [0.29, 0.717) is 29.0 Å². The molecule has 3 N–H and O–H groups in total. The van der Waals surface area contributed by atoms with Crippen molar-refractivity contribution in [3.05, 3.63) is 28.7 Å². The Kier molecular flexibility index (Phi) is 11.4. The Bertz CT molecular complexity index is 1480. The van der Waals surface area contributed by atoms with Gasteiger partial charge in [-0.2, -0.15) is 8.42 Å². The Labute approximate surface area is 296 Å². The lowest BCUT2D eigenvalue weighted by molar-refractivity contribution is -0.141. The predicted octanol–water partition coefficient (Wildman–Crippen LogP) is 4.81. The number of rotatable bonds is 7. The van der Waals surface area contributed by atoms with E-state index in [0.717, 1.165) is 38.5 Å². The number of halogens is 1. The summed E-state index contributed by atoms with van der Waals surface area (Å²) in [6.45, 7) is 7.08. The van der Waals surface area contributed by atoms with E-state index in [2.05, 4.69) is 38.2 Å². The summed E-state index contributed by atoms with van der Waals surface area (Å²) in [6.07, 6.45) is 5.20. The number of carbonyl (C=O) groups is 4. The maximum atomic E-state index is 14.3. The number of hydrogen-bond acceptors (Lipinski definition) is 9. The van der Waals surface area contributed by atoms with E-state index in [4.69, 9.17) is 8.92 Å². The molecule has 2 saturated heterocycles. The van der Waals surface area contributed by atoms with Gasteiger partial charge in [0.2, 0.25) is 11.8 Å². The van der Waals surface area contributed by atoms with Crippen LogP contribution in [-0.2, 0) is 33.4 Å². The first-order chi connectivity index (χ1) is 22.6. The molecule has 2 saturated carbocycles. The quantitative estimate of drug-likeness (QED) is 0.261. The van der Waals surface area contributed by atoms with Crippen molar-refractivity contribution in [3.63, 3.8) is 0 Å². The van der Waals surface area contributed by atoms with Gasteiger partial charge >= 0.3 is 6.09 Å². The van der Waals surface area contributed by atoms with E-state index >= 15 is 0 Å². The highest BCUT2D eigenvalue weighted by molar-refractivity contribution is 9.10. The van der Waals surface area contributed by atoms with Gasteiger partial charge in [-0.05, 0) is 94.5 Å². The smallest absolute Gasteiger partial charge is 0.408 e. The van der Waals surface area contributed by atoms with Crippen LogP contribution in [0.3, 0.4) is 0 Å². The molecule has 1 unspecified atom stereocenters. The first-order valence-corrected chi connectivity index (χ1v) is 19.9. The molecule has 1 aromatic carbocycles. The predicted molar refractivity (Wildman–Crippen MR) is 184 cm³/mol. The van der Waals surface area contributed by atoms with Crippen molar-refractivity contribution in [3.8, 4) is 0 Å². The number of nitrogens with zero attached hydrogens (tertiary/aromatic N) is 1. The van der Waals surface area contributed by atoms with Crippen molar-refractivity contribution in [1.29, 1.82) is 0 Å². The van der Waals surface area contributed by atoms with Crippen LogP contribution in [0.25, 0.3) is 0 Å². The number of alkyl carbamates (subject to hydrolysis) is 1. The van der Waals surface area contributed by atoms with Crippen LogP contribution in [0.2, 0.25) is 0 Å². The van der Waals surface area contributed by atoms with E-state index in [9.17, 15) is 27.6 Å². The Morgan fingerprint density at radius 3 is 2.35 bits per heavy atom. The number of fused-ring (bicyclic) bond motifs is 2. The molecular formula is C33H47BrN4O8S2. The maximum Gasteiger partial charge on any atom is 0.408 e. The standard InChI is InChI=1S/C33H47BrN4O8S2/c1-20-9-7-5-6-8-10-26(35-31(42)45-32(2,3)4)29(40)38-19-22(46-48(43,44)24-15-11-21(34)12-16-24)17-27(38)28(39)36-33(18-25(20)33)30(41)37-47-23-13-14-23/h11-12,15-16,20,22-23,25-27H,5-10,13-14,17-19H2,1-4H3,(H,35,42)(H,36,39)(H,37,41)/t20?,22-,25-,26-,27-,33+/m0/s1. The molecule has 0 aromatic heterocycles. The molecule has 2 heterocycles. The monoisotopic (exact) mass is 770 g/mol. The maximum absolute atomic E-state index is 14.3. The molecule has 4 aliphatic rings. The molecular weight excluding hydrogens is 724 g/mol. The second-order valence-corrected chi connectivity index (χ2v) is 18.1. The number of hydrogen-bond donors (Lipinski definition) is 3. The second-order valence-electron chi connectivity index (χ2n) is 14.6. The zero-order valence-electron chi connectivity index (χ0n) is 28.0. The average molecular weight is 772 g/mol. The molecule has 15 heteroatoms. The zero-order chi connectivity index (χ0) is 34.9. The summed E-state index contributed by atoms with van der Waals surface area (Å²) in [5, 5.41) is 6.11. The summed E-state index contributed by atoms with van der Waals surface area (Å²) in [6, 6.07) is 3.83. The van der Waals surface area contributed by atoms with E-state index in [1.54, 1.807) is 32.9 Å². The first-order valence-electron chi connectivity index (χ1n) is 16.8. The molecule has 266 valence electrons. The van der Waals surface area contributed by atoms with E-state index < -0.39 is 57.4 Å². The normalized spacial score (nSPS) is 30.2. The summed E-state index contributed by atoms with van der Waals surface area (Å²) >= 11 is 4.69. The van der Waals surface area contributed by atoms with Crippen molar-refractivity contribution < 1.29 is 36.5 Å². The largest absolute Gasteiger partial charge is 0.444 e. The number of carbonyl (C=O) groups excluding carboxylic acids is 4. The van der Waals surface area contributed by atoms with Crippen molar-refractivity contribution in [1.82, 2.24) is 20.3 Å². The van der Waals surface area contributed by atoms with E-state index in [1.165, 1.54) is 29.0 Å². The number of amides is 4. The minimum atomic E-state index is -4.24. The number of nitrogens with one attached hydrogen (secondary N) is 3. The number of benzene rings is 1. The Balaban J connectivity index is 1.43. The third-order valence-electron chi connectivity index (χ3n) is 9.40. The van der Waals surface area contributed by atoms with Gasteiger partial charge in [0.25, 0.3) is 16.0 Å². The molecule has 12 nitrogen and oxygen atoms in total. The van der Waals surface area contributed by atoms with Crippen LogP contribution in [-0.4, -0.2) is 78.3 Å². The van der Waals surface area contributed by atoms with Gasteiger partial charge in [-0.3, -0.25) is 23.3 Å². The van der Waals surface area contributed by atoms with Gasteiger partial charge in [-0.25, -0.2) is 4.79 Å². The lowest BCUT2D eigenvalue weighted by Crippen LogP contribution is -2.57. The fraction of sp³-hybridized carbons (Fsp3) is 0.697. The fourth-order valence-corrected chi connectivity index (χ4v) is 8.80. The van der Waals surface area contributed by atoms with Crippen LogP contribution in [0.1, 0.15) is 91.9 Å². The minimum Gasteiger partial charge on any atom is -0.444 e. The van der Waals surface area contributed by atoms with Gasteiger partial charge in [0, 0.05) is 22.7 Å². The Hall–Kier alpha value is -2.36. The lowest BCUT2D eigenvalue weighted by atomic mass is 9.94. The van der Waals surface area contributed by atoms with Gasteiger partial charge in [0.15, 0.2) is 0 Å². The minimum absolute atomic E-state index is 0.0611. The van der Waals surface area contributed by atoms with Gasteiger partial charge in [0.05, 0.1) is 11.0 Å². The van der Waals surface area contributed by atoms with Crippen LogP contribution >= 0.6 is 27.9 Å². The molecule has 4 fully saturated rings. The first kappa shape index (κ1) is 36.9. The third-order valence-corrected chi connectivity index (χ3v) is 12.4. The summed E-state index contributed by atoms with van der Waals surface area (Å²) < 4.78 is 41.3. The van der Waals surface area contributed by atoms with Gasteiger partial charge in [-0.1, -0.05) is 55.0 Å². The van der Waals surface area contributed by atoms with Gasteiger partial charge in [0.1, 0.15) is 23.2 Å². The highest BCUT2D eigenvalue weighted by atomic mass is 79.9. The number of ether oxygens (including phenoxy) is 1. The summed E-state index contributed by atoms with van der Waals surface area (Å²) in [4.78, 5) is 56.2. The molecule has 0 spiro atoms. The van der Waals surface area contributed by atoms with Gasteiger partial charge < -0.3 is 20.3 Å². The van der Waals surface area contributed by atoms with Crippen molar-refractivity contribution in [2.24, 2.45) is 11.8 Å². The highest BCUT2D eigenvalue weighted by Crippen LogP contribution is 2.51. The zero-order valence-corrected chi connectivity index (χ0v) is 31.2. The van der Waals surface area contributed by atoms with Crippen LogP contribution in [0.15, 0.2) is 33.6 Å². The second kappa shape index (κ2) is 14.9. The third kappa shape index (κ3) is 9.25. The molecule has 5 rings (SSSR count). The molecule has 0 bridgehead atoms. The molecule has 4 amide bonds. The van der Waals surface area contributed by atoms with E-state index in [-0.39, 0.29) is 35.6 Å². The van der Waals surface area contributed by atoms with Crippen molar-refractivity contribution in [2.45, 2.75) is 131 Å². The van der Waals surface area contributed by atoms with Crippen LogP contribution in [0.4, 0.5) is 4.79 Å². The molecule has 0 radical (unpaired) electrons. The van der Waals surface area contributed by atoms with Crippen molar-refractivity contribution >= 4 is 61.8 Å². The molecule has 6 atom stereocenters. The average Bonchev–Trinajstić information content (AvgIpc) is 3.92. The molecule has 2 aliphatic heterocycles. The van der Waals surface area contributed by atoms with Crippen LogP contribution < -0.4 is 15.4 Å². The summed E-state index contributed by atoms with van der Waals surface area (Å²) in [7, 11) is -4.24. The molecule has 1 aromatic rings. The van der Waals surface area contributed by atoms with E-state index in [1.807, 2.05) is 0 Å². The molecule has 48 heavy (non-hydrogen) atoms. The lowest BCUT2D eigenvalue weighted by Gasteiger charge is -2.30. The SMILES string of the molecule is CC1CCCCCC[C@H](NC(=O)OC(C)(C)C)C(=O)N2C[C@@H](OS(=O)(=O)c3ccc(Br)cc3)C[C@H]2C(=O)N[C@]2(C(=O)NSC3CC3)C[C@@H]12. The fourth-order valence-electron chi connectivity index (χ4n) is 6.63. The Morgan fingerprint density at radius 2 is 1.71 bits per heavy atom. The van der Waals surface area contributed by atoms with Crippen LogP contribution in [0.5, 0.6) is 0 Å². The Morgan fingerprint density at radius 1 is 1.04 bits per heavy atom.